The van der Waals surface area contributed by atoms with Gasteiger partial charge in [0.2, 0.25) is 0 Å². The summed E-state index contributed by atoms with van der Waals surface area (Å²) >= 11 is 0. The Morgan fingerprint density at radius 1 is 0.725 bits per heavy atom. The Morgan fingerprint density at radius 3 is 2.10 bits per heavy atom. The summed E-state index contributed by atoms with van der Waals surface area (Å²) < 4.78 is 16.7. The van der Waals surface area contributed by atoms with E-state index in [0.717, 1.165) is 17.7 Å². The second-order valence-electron chi connectivity index (χ2n) is 10.7. The Bertz CT molecular complexity index is 1750. The zero-order valence-corrected chi connectivity index (χ0v) is 23.7. The van der Waals surface area contributed by atoms with Gasteiger partial charge >= 0.3 is 8.53 Å². The maximum atomic E-state index is 7.15. The molecular weight excluding hydrogens is 509 g/mol. The van der Waals surface area contributed by atoms with Crippen molar-refractivity contribution < 1.29 is 9.05 Å². The highest BCUT2D eigenvalue weighted by Gasteiger charge is 2.40. The summed E-state index contributed by atoms with van der Waals surface area (Å²) in [5.41, 5.74) is 4.84. The van der Waals surface area contributed by atoms with Crippen molar-refractivity contribution in [1.82, 2.24) is 4.67 Å². The minimum atomic E-state index is -1.47. The largest absolute Gasteiger partial charge is 0.435 e. The van der Waals surface area contributed by atoms with Gasteiger partial charge in [-0.2, -0.15) is 0 Å². The molecule has 0 fully saturated rings. The van der Waals surface area contributed by atoms with E-state index in [1.165, 1.54) is 37.9 Å². The molecule has 0 saturated heterocycles. The number of nitrogens with zero attached hydrogens (tertiary/aromatic N) is 1. The van der Waals surface area contributed by atoms with Gasteiger partial charge in [0.1, 0.15) is 5.75 Å². The molecule has 0 radical (unpaired) electrons. The fourth-order valence-corrected chi connectivity index (χ4v) is 7.92. The van der Waals surface area contributed by atoms with E-state index in [0.29, 0.717) is 0 Å². The number of fused-ring (bicyclic) bond motifs is 6. The maximum Gasteiger partial charge on any atom is 0.322 e. The third-order valence-electron chi connectivity index (χ3n) is 7.89. The maximum absolute atomic E-state index is 7.15. The first-order valence-electron chi connectivity index (χ1n) is 14.0. The molecule has 0 saturated carbocycles. The van der Waals surface area contributed by atoms with E-state index in [1.807, 2.05) is 0 Å². The predicted octanol–water partition coefficient (Wildman–Crippen LogP) is 7.73. The van der Waals surface area contributed by atoms with Crippen LogP contribution in [0, 0.1) is 0 Å². The van der Waals surface area contributed by atoms with Crippen LogP contribution in [0.3, 0.4) is 0 Å². The lowest BCUT2D eigenvalue weighted by Crippen LogP contribution is -2.37. The molecule has 0 amide bonds. The molecule has 3 nitrogen and oxygen atoms in total. The molecule has 1 aliphatic heterocycles. The van der Waals surface area contributed by atoms with Crippen molar-refractivity contribution in [1.29, 1.82) is 0 Å². The molecule has 40 heavy (non-hydrogen) atoms. The van der Waals surface area contributed by atoms with Crippen LogP contribution in [0.15, 0.2) is 121 Å². The molecule has 0 N–H and O–H groups in total. The zero-order valence-electron chi connectivity index (χ0n) is 22.8. The lowest BCUT2D eigenvalue weighted by molar-refractivity contribution is 0.198. The number of hydrogen-bond donors (Lipinski definition) is 0. The normalized spacial score (nSPS) is 18.1. The van der Waals surface area contributed by atoms with Crippen molar-refractivity contribution in [2.24, 2.45) is 0 Å². The second-order valence-corrected chi connectivity index (χ2v) is 12.1. The fourth-order valence-electron chi connectivity index (χ4n) is 6.11. The molecule has 1 heterocycles. The summed E-state index contributed by atoms with van der Waals surface area (Å²) in [7, 11) is -1.47. The van der Waals surface area contributed by atoms with E-state index in [9.17, 15) is 0 Å². The molecule has 4 heteroatoms. The van der Waals surface area contributed by atoms with Gasteiger partial charge in [0.15, 0.2) is 0 Å². The highest BCUT2D eigenvalue weighted by atomic mass is 31.2. The van der Waals surface area contributed by atoms with E-state index in [-0.39, 0.29) is 18.2 Å². The molecule has 198 valence electrons. The van der Waals surface area contributed by atoms with Gasteiger partial charge < -0.3 is 9.05 Å². The highest BCUT2D eigenvalue weighted by molar-refractivity contribution is 7.45. The third kappa shape index (κ3) is 4.45. The van der Waals surface area contributed by atoms with Crippen LogP contribution >= 0.6 is 8.53 Å². The van der Waals surface area contributed by atoms with Gasteiger partial charge in [-0.05, 0) is 58.7 Å². The minimum Gasteiger partial charge on any atom is -0.435 e. The number of benzene rings is 5. The van der Waals surface area contributed by atoms with Crippen molar-refractivity contribution in [2.75, 3.05) is 0 Å². The second kappa shape index (κ2) is 10.7. The standard InChI is InChI=1S/C36H32NO2P/c1-25(2)37(36(28-15-5-3-6-16-28)29-17-7-4-8-18-29)40-38-32-23-21-26-13-9-11-19-30(26)34(32)35-31-20-12-10-14-27(31)22-24-33(35)39-40/h3-23,25,33,36H,24H2,1-2H3. The summed E-state index contributed by atoms with van der Waals surface area (Å²) in [6.45, 7) is 4.49. The van der Waals surface area contributed by atoms with Gasteiger partial charge in [-0.25, -0.2) is 4.67 Å². The molecule has 0 bridgehead atoms. The van der Waals surface area contributed by atoms with Crippen LogP contribution in [-0.4, -0.2) is 16.8 Å². The van der Waals surface area contributed by atoms with Gasteiger partial charge in [-0.1, -0.05) is 121 Å². The first-order valence-corrected chi connectivity index (χ1v) is 15.2. The first-order chi connectivity index (χ1) is 19.7. The molecular formula is C36H32NO2P. The summed E-state index contributed by atoms with van der Waals surface area (Å²) in [6.07, 6.45) is 3.02. The Kier molecular flexibility index (Phi) is 6.73. The Hall–Kier alpha value is -3.75. The van der Waals surface area contributed by atoms with Gasteiger partial charge in [0.05, 0.1) is 12.1 Å². The summed E-state index contributed by atoms with van der Waals surface area (Å²) in [6, 6.07) is 43.2. The SMILES string of the molecule is CC(C)N(C(c1ccccc1)c1ccccc1)P1Oc2ccc3ccccc3c2C2=c3ccccc3=CCC2O1. The first kappa shape index (κ1) is 25.2. The lowest BCUT2D eigenvalue weighted by atomic mass is 9.88. The topological polar surface area (TPSA) is 21.7 Å². The van der Waals surface area contributed by atoms with Crippen LogP contribution in [0.2, 0.25) is 0 Å². The van der Waals surface area contributed by atoms with Crippen LogP contribution in [0.5, 0.6) is 5.75 Å². The van der Waals surface area contributed by atoms with E-state index in [1.54, 1.807) is 0 Å². The van der Waals surface area contributed by atoms with Crippen molar-refractivity contribution in [2.45, 2.75) is 38.5 Å². The monoisotopic (exact) mass is 541 g/mol. The number of hydrogen-bond acceptors (Lipinski definition) is 3. The smallest absolute Gasteiger partial charge is 0.322 e. The Labute approximate surface area is 237 Å². The van der Waals surface area contributed by atoms with Crippen molar-refractivity contribution in [3.05, 3.63) is 148 Å². The van der Waals surface area contributed by atoms with Crippen LogP contribution in [-0.2, 0) is 4.52 Å². The van der Waals surface area contributed by atoms with E-state index < -0.39 is 8.53 Å². The van der Waals surface area contributed by atoms with Crippen LogP contribution in [0.25, 0.3) is 22.4 Å². The summed E-state index contributed by atoms with van der Waals surface area (Å²) in [4.78, 5) is 0. The molecule has 7 rings (SSSR count). The van der Waals surface area contributed by atoms with Gasteiger partial charge in [0, 0.05) is 17.2 Å². The molecule has 2 unspecified atom stereocenters. The number of rotatable bonds is 5. The average Bonchev–Trinajstić information content (AvgIpc) is 3.17. The Morgan fingerprint density at radius 2 is 1.38 bits per heavy atom. The molecule has 5 aromatic carbocycles. The van der Waals surface area contributed by atoms with Crippen molar-refractivity contribution >= 4 is 30.9 Å². The van der Waals surface area contributed by atoms with Crippen molar-refractivity contribution in [3.8, 4) is 5.75 Å². The lowest BCUT2D eigenvalue weighted by Gasteiger charge is -2.39. The van der Waals surface area contributed by atoms with Gasteiger partial charge in [-0.3, -0.25) is 0 Å². The molecule has 2 aliphatic rings. The predicted molar refractivity (Wildman–Crippen MR) is 165 cm³/mol. The van der Waals surface area contributed by atoms with Crippen LogP contribution < -0.4 is 15.0 Å². The van der Waals surface area contributed by atoms with E-state index in [2.05, 4.69) is 146 Å². The molecule has 0 spiro atoms. The molecule has 2 atom stereocenters. The summed E-state index contributed by atoms with van der Waals surface area (Å²) in [5.74, 6) is 0.893. The zero-order chi connectivity index (χ0) is 27.1. The van der Waals surface area contributed by atoms with E-state index in [4.69, 9.17) is 9.05 Å². The van der Waals surface area contributed by atoms with Gasteiger partial charge in [0.25, 0.3) is 0 Å². The average molecular weight is 542 g/mol. The van der Waals surface area contributed by atoms with Crippen LogP contribution in [0.1, 0.15) is 43.0 Å². The third-order valence-corrected chi connectivity index (χ3v) is 9.75. The Balaban J connectivity index is 1.45. The van der Waals surface area contributed by atoms with Crippen molar-refractivity contribution in [3.63, 3.8) is 0 Å². The summed E-state index contributed by atoms with van der Waals surface area (Å²) in [5, 5.41) is 4.91. The molecule has 0 aromatic heterocycles. The van der Waals surface area contributed by atoms with Crippen LogP contribution in [0.4, 0.5) is 0 Å². The van der Waals surface area contributed by atoms with Gasteiger partial charge in [-0.15, -0.1) is 0 Å². The fraction of sp³-hybridized carbons (Fsp3) is 0.167. The minimum absolute atomic E-state index is 0.0150. The molecule has 1 aliphatic carbocycles. The van der Waals surface area contributed by atoms with E-state index >= 15 is 0 Å². The highest BCUT2D eigenvalue weighted by Crippen LogP contribution is 2.57. The quantitative estimate of drug-likeness (QED) is 0.213. The molecule has 5 aromatic rings.